The number of rotatable bonds is 5. The molecule has 0 radical (unpaired) electrons. The maximum Gasteiger partial charge on any atom is 0.233 e. The zero-order valence-electron chi connectivity index (χ0n) is 13.5. The summed E-state index contributed by atoms with van der Waals surface area (Å²) in [5, 5.41) is 12.6. The molecule has 2 unspecified atom stereocenters. The molecule has 9 heteroatoms. The van der Waals surface area contributed by atoms with Gasteiger partial charge in [-0.2, -0.15) is 5.26 Å². The molecule has 0 fully saturated rings. The first-order chi connectivity index (χ1) is 11.8. The average molecular weight is 396 g/mol. The van der Waals surface area contributed by atoms with Gasteiger partial charge in [0.25, 0.3) is 0 Å². The predicted octanol–water partition coefficient (Wildman–Crippen LogP) is 3.60. The van der Waals surface area contributed by atoms with Crippen LogP contribution in [0, 0.1) is 11.3 Å². The van der Waals surface area contributed by atoms with E-state index in [1.54, 1.807) is 25.1 Å². The zero-order chi connectivity index (χ0) is 18.6. The molecule has 25 heavy (non-hydrogen) atoms. The number of nitriles is 1. The van der Waals surface area contributed by atoms with Gasteiger partial charge in [-0.25, -0.2) is 9.97 Å². The molecule has 0 saturated carbocycles. The van der Waals surface area contributed by atoms with Crippen molar-refractivity contribution in [1.82, 2.24) is 15.3 Å². The highest BCUT2D eigenvalue weighted by Crippen LogP contribution is 2.27. The Labute approximate surface area is 159 Å². The van der Waals surface area contributed by atoms with Crippen LogP contribution in [0.1, 0.15) is 31.0 Å². The second kappa shape index (κ2) is 8.39. The lowest BCUT2D eigenvalue weighted by atomic mass is 10.1. The number of hydrogen-bond acceptors (Lipinski definition) is 6. The molecule has 2 rings (SSSR count). The molecule has 1 amide bonds. The van der Waals surface area contributed by atoms with Crippen molar-refractivity contribution in [3.05, 3.63) is 45.6 Å². The molecule has 0 bridgehead atoms. The molecule has 0 aliphatic carbocycles. The van der Waals surface area contributed by atoms with E-state index in [2.05, 4.69) is 15.3 Å². The Bertz CT molecular complexity index is 840. The molecule has 6 nitrogen and oxygen atoms in total. The van der Waals surface area contributed by atoms with Crippen molar-refractivity contribution in [3.63, 3.8) is 0 Å². The van der Waals surface area contributed by atoms with Crippen molar-refractivity contribution in [2.75, 3.05) is 5.73 Å². The lowest BCUT2D eigenvalue weighted by Crippen LogP contribution is -2.33. The molecule has 0 saturated heterocycles. The lowest BCUT2D eigenvalue weighted by molar-refractivity contribution is -0.120. The summed E-state index contributed by atoms with van der Waals surface area (Å²) in [6, 6.07) is 6.73. The number of anilines is 1. The van der Waals surface area contributed by atoms with Crippen LogP contribution >= 0.6 is 35.0 Å². The van der Waals surface area contributed by atoms with Crippen molar-refractivity contribution < 1.29 is 4.79 Å². The van der Waals surface area contributed by atoms with Gasteiger partial charge in [-0.1, -0.05) is 41.0 Å². The summed E-state index contributed by atoms with van der Waals surface area (Å²) in [7, 11) is 0. The van der Waals surface area contributed by atoms with Crippen LogP contribution < -0.4 is 11.1 Å². The molecule has 3 N–H and O–H groups in total. The molecule has 0 aliphatic heterocycles. The minimum atomic E-state index is -0.458. The lowest BCUT2D eigenvalue weighted by Gasteiger charge is -2.18. The van der Waals surface area contributed by atoms with Crippen LogP contribution in [0.15, 0.2) is 29.6 Å². The number of hydrogen-bond donors (Lipinski definition) is 2. The van der Waals surface area contributed by atoms with E-state index in [4.69, 9.17) is 34.2 Å². The molecule has 0 spiro atoms. The summed E-state index contributed by atoms with van der Waals surface area (Å²) in [5.74, 6) is -0.107. The third kappa shape index (κ3) is 4.98. The molecule has 1 heterocycles. The third-order valence-corrected chi connectivity index (χ3v) is 4.89. The van der Waals surface area contributed by atoms with Crippen LogP contribution in [-0.4, -0.2) is 21.1 Å². The molecule has 1 aromatic carbocycles. The molecular formula is C16H15Cl2N5OS. The minimum Gasteiger partial charge on any atom is -0.382 e. The highest BCUT2D eigenvalue weighted by atomic mass is 35.5. The van der Waals surface area contributed by atoms with E-state index in [1.165, 1.54) is 6.20 Å². The number of benzene rings is 1. The van der Waals surface area contributed by atoms with Gasteiger partial charge in [-0.05, 0) is 31.5 Å². The Hall–Kier alpha value is -2.01. The Morgan fingerprint density at radius 2 is 2.12 bits per heavy atom. The number of nitrogens with two attached hydrogens (primary N) is 1. The van der Waals surface area contributed by atoms with Crippen molar-refractivity contribution in [2.24, 2.45) is 0 Å². The van der Waals surface area contributed by atoms with Gasteiger partial charge in [-0.15, -0.1) is 0 Å². The maximum atomic E-state index is 12.4. The van der Waals surface area contributed by atoms with Crippen LogP contribution in [-0.2, 0) is 4.79 Å². The van der Waals surface area contributed by atoms with E-state index in [-0.39, 0.29) is 23.3 Å². The van der Waals surface area contributed by atoms with Gasteiger partial charge in [0.1, 0.15) is 17.5 Å². The van der Waals surface area contributed by atoms with Crippen molar-refractivity contribution >= 4 is 46.7 Å². The van der Waals surface area contributed by atoms with Gasteiger partial charge < -0.3 is 11.1 Å². The van der Waals surface area contributed by atoms with Gasteiger partial charge in [0, 0.05) is 10.0 Å². The molecule has 2 atom stereocenters. The molecule has 130 valence electrons. The predicted molar refractivity (Wildman–Crippen MR) is 99.5 cm³/mol. The van der Waals surface area contributed by atoms with Crippen LogP contribution in [0.25, 0.3) is 0 Å². The monoisotopic (exact) mass is 395 g/mol. The average Bonchev–Trinajstić information content (AvgIpc) is 2.54. The number of amides is 1. The number of thioether (sulfide) groups is 1. The third-order valence-electron chi connectivity index (χ3n) is 3.36. The van der Waals surface area contributed by atoms with E-state index in [1.807, 2.05) is 13.0 Å². The highest BCUT2D eigenvalue weighted by molar-refractivity contribution is 8.00. The zero-order valence-corrected chi connectivity index (χ0v) is 15.8. The van der Waals surface area contributed by atoms with Gasteiger partial charge in [-0.3, -0.25) is 4.79 Å². The molecule has 2 aromatic rings. The Kier molecular flexibility index (Phi) is 6.48. The number of aromatic nitrogens is 2. The number of carbonyl (C=O) groups excluding carboxylic acids is 1. The molecule has 1 aromatic heterocycles. The Morgan fingerprint density at radius 1 is 1.40 bits per heavy atom. The van der Waals surface area contributed by atoms with E-state index in [9.17, 15) is 4.79 Å². The fourth-order valence-corrected chi connectivity index (χ4v) is 3.32. The summed E-state index contributed by atoms with van der Waals surface area (Å²) in [4.78, 5) is 20.4. The first-order valence-corrected chi connectivity index (χ1v) is 8.90. The standard InChI is InChI=1S/C16H15Cl2N5OS/c1-8(12-4-3-11(17)5-13(12)18)22-15(24)9(2)25-16-21-7-10(6-19)14(20)23-16/h3-5,7-9H,1-2H3,(H,22,24)(H2,20,21,23). The molecular weight excluding hydrogens is 381 g/mol. The number of nitrogens with zero attached hydrogens (tertiary/aromatic N) is 3. The quantitative estimate of drug-likeness (QED) is 0.591. The maximum absolute atomic E-state index is 12.4. The van der Waals surface area contributed by atoms with Gasteiger partial charge in [0.2, 0.25) is 5.91 Å². The van der Waals surface area contributed by atoms with Crippen LogP contribution in [0.3, 0.4) is 0 Å². The second-order valence-corrected chi connectivity index (χ2v) is 7.37. The number of carbonyl (C=O) groups is 1. The van der Waals surface area contributed by atoms with E-state index >= 15 is 0 Å². The van der Waals surface area contributed by atoms with Gasteiger partial charge in [0.15, 0.2) is 5.16 Å². The summed E-state index contributed by atoms with van der Waals surface area (Å²) in [5.41, 5.74) is 6.63. The first kappa shape index (κ1) is 19.3. The largest absolute Gasteiger partial charge is 0.382 e. The Balaban J connectivity index is 2.02. The van der Waals surface area contributed by atoms with Crippen LogP contribution in [0.4, 0.5) is 5.82 Å². The topological polar surface area (TPSA) is 105 Å². The summed E-state index contributed by atoms with van der Waals surface area (Å²) < 4.78 is 0. The van der Waals surface area contributed by atoms with Crippen LogP contribution in [0.2, 0.25) is 10.0 Å². The van der Waals surface area contributed by atoms with Crippen molar-refractivity contribution in [2.45, 2.75) is 30.3 Å². The van der Waals surface area contributed by atoms with Gasteiger partial charge >= 0.3 is 0 Å². The highest BCUT2D eigenvalue weighted by Gasteiger charge is 2.20. The second-order valence-electron chi connectivity index (χ2n) is 5.22. The number of nitrogen functional groups attached to an aromatic ring is 1. The van der Waals surface area contributed by atoms with Crippen molar-refractivity contribution in [1.29, 1.82) is 5.26 Å². The number of halogens is 2. The molecule has 0 aliphatic rings. The fourth-order valence-electron chi connectivity index (χ4n) is 1.99. The minimum absolute atomic E-state index is 0.0916. The van der Waals surface area contributed by atoms with E-state index in [0.717, 1.165) is 17.3 Å². The first-order valence-electron chi connectivity index (χ1n) is 7.26. The normalized spacial score (nSPS) is 12.9. The van der Waals surface area contributed by atoms with Crippen molar-refractivity contribution in [3.8, 4) is 6.07 Å². The van der Waals surface area contributed by atoms with E-state index in [0.29, 0.717) is 15.2 Å². The Morgan fingerprint density at radius 3 is 2.72 bits per heavy atom. The summed E-state index contributed by atoms with van der Waals surface area (Å²) in [6.45, 7) is 3.56. The van der Waals surface area contributed by atoms with E-state index < -0.39 is 5.25 Å². The van der Waals surface area contributed by atoms with Gasteiger partial charge in [0.05, 0.1) is 17.5 Å². The smallest absolute Gasteiger partial charge is 0.233 e. The summed E-state index contributed by atoms with van der Waals surface area (Å²) >= 11 is 13.2. The van der Waals surface area contributed by atoms with Crippen LogP contribution in [0.5, 0.6) is 0 Å². The number of nitrogens with one attached hydrogen (secondary N) is 1. The summed E-state index contributed by atoms with van der Waals surface area (Å²) in [6.07, 6.45) is 1.34. The SMILES string of the molecule is CC(Sc1ncc(C#N)c(N)n1)C(=O)NC(C)c1ccc(Cl)cc1Cl. The fraction of sp³-hybridized carbons (Fsp3) is 0.250.